The van der Waals surface area contributed by atoms with Crippen molar-refractivity contribution in [1.29, 1.82) is 0 Å². The summed E-state index contributed by atoms with van der Waals surface area (Å²) in [6.07, 6.45) is 9.04. The second-order valence-corrected chi connectivity index (χ2v) is 3.88. The van der Waals surface area contributed by atoms with Crippen LogP contribution >= 0.6 is 0 Å². The number of imidazole rings is 2. The first-order valence-corrected chi connectivity index (χ1v) is 5.73. The molecule has 90 valence electrons. The maximum atomic E-state index is 4.19. The van der Waals surface area contributed by atoms with Gasteiger partial charge in [0.2, 0.25) is 0 Å². The van der Waals surface area contributed by atoms with Gasteiger partial charge in [-0.15, -0.1) is 0 Å². The fraction of sp³-hybridized carbons (Fsp3) is 0.0769. The van der Waals surface area contributed by atoms with Gasteiger partial charge in [0.15, 0.2) is 0 Å². The van der Waals surface area contributed by atoms with Crippen LogP contribution in [0.3, 0.4) is 0 Å². The van der Waals surface area contributed by atoms with Gasteiger partial charge < -0.3 is 14.9 Å². The molecule has 2 aromatic heterocycles. The number of anilines is 1. The van der Waals surface area contributed by atoms with Crippen LogP contribution in [0.1, 0.15) is 5.82 Å². The number of benzene rings is 1. The highest BCUT2D eigenvalue weighted by Gasteiger charge is 2.03. The first kappa shape index (κ1) is 10.6. The third-order valence-corrected chi connectivity index (χ3v) is 2.69. The third kappa shape index (κ3) is 2.10. The summed E-state index contributed by atoms with van der Waals surface area (Å²) in [4.78, 5) is 11.3. The summed E-state index contributed by atoms with van der Waals surface area (Å²) in [6, 6.07) is 8.10. The lowest BCUT2D eigenvalue weighted by atomic mass is 10.2. The van der Waals surface area contributed by atoms with Crippen molar-refractivity contribution in [2.24, 2.45) is 0 Å². The average Bonchev–Trinajstić information content (AvgIpc) is 3.10. The van der Waals surface area contributed by atoms with Gasteiger partial charge in [0, 0.05) is 24.8 Å². The summed E-state index contributed by atoms with van der Waals surface area (Å²) in [7, 11) is 0. The molecule has 0 aliphatic rings. The van der Waals surface area contributed by atoms with Gasteiger partial charge in [-0.1, -0.05) is 12.1 Å². The van der Waals surface area contributed by atoms with E-state index in [0.717, 1.165) is 17.2 Å². The van der Waals surface area contributed by atoms with Gasteiger partial charge in [-0.2, -0.15) is 0 Å². The standard InChI is InChI=1S/C13H13N5/c1-2-4-12(18-8-7-14-10-18)11(3-1)17-9-13-15-5-6-16-13/h1-8,10,17H,9H2,(H,15,16). The molecule has 0 fully saturated rings. The van der Waals surface area contributed by atoms with Crippen molar-refractivity contribution in [1.82, 2.24) is 19.5 Å². The van der Waals surface area contributed by atoms with E-state index in [4.69, 9.17) is 0 Å². The summed E-state index contributed by atoms with van der Waals surface area (Å²) < 4.78 is 1.98. The molecular formula is C13H13N5. The van der Waals surface area contributed by atoms with Gasteiger partial charge >= 0.3 is 0 Å². The molecule has 2 heterocycles. The number of nitrogens with one attached hydrogen (secondary N) is 2. The molecule has 0 saturated heterocycles. The first-order chi connectivity index (χ1) is 8.93. The van der Waals surface area contributed by atoms with Crippen molar-refractivity contribution in [3.63, 3.8) is 0 Å². The van der Waals surface area contributed by atoms with Crippen LogP contribution in [0, 0.1) is 0 Å². The molecule has 1 aromatic carbocycles. The highest BCUT2D eigenvalue weighted by atomic mass is 15.1. The van der Waals surface area contributed by atoms with Crippen LogP contribution in [0.4, 0.5) is 5.69 Å². The molecule has 2 N–H and O–H groups in total. The van der Waals surface area contributed by atoms with Crippen LogP contribution in [-0.4, -0.2) is 19.5 Å². The summed E-state index contributed by atoms with van der Waals surface area (Å²) in [5.41, 5.74) is 2.12. The second-order valence-electron chi connectivity index (χ2n) is 3.88. The Kier molecular flexibility index (Phi) is 2.79. The number of para-hydroxylation sites is 2. The highest BCUT2D eigenvalue weighted by Crippen LogP contribution is 2.19. The predicted molar refractivity (Wildman–Crippen MR) is 69.5 cm³/mol. The van der Waals surface area contributed by atoms with Crippen LogP contribution in [0.25, 0.3) is 5.69 Å². The van der Waals surface area contributed by atoms with Gasteiger partial charge in [-0.05, 0) is 12.1 Å². The van der Waals surface area contributed by atoms with Crippen LogP contribution in [0.15, 0.2) is 55.4 Å². The molecule has 18 heavy (non-hydrogen) atoms. The number of hydrogen-bond acceptors (Lipinski definition) is 3. The summed E-state index contributed by atoms with van der Waals surface area (Å²) in [5.74, 6) is 0.912. The molecule has 5 heteroatoms. The van der Waals surface area contributed by atoms with Crippen LogP contribution in [0.5, 0.6) is 0 Å². The Morgan fingerprint density at radius 1 is 1.22 bits per heavy atom. The zero-order valence-electron chi connectivity index (χ0n) is 9.74. The van der Waals surface area contributed by atoms with E-state index in [1.54, 1.807) is 18.7 Å². The Balaban J connectivity index is 1.84. The molecule has 0 bridgehead atoms. The quantitative estimate of drug-likeness (QED) is 0.733. The van der Waals surface area contributed by atoms with E-state index in [-0.39, 0.29) is 0 Å². The van der Waals surface area contributed by atoms with Crippen LogP contribution in [-0.2, 0) is 6.54 Å². The maximum Gasteiger partial charge on any atom is 0.125 e. The maximum absolute atomic E-state index is 4.19. The van der Waals surface area contributed by atoms with E-state index in [0.29, 0.717) is 6.54 Å². The van der Waals surface area contributed by atoms with E-state index < -0.39 is 0 Å². The number of rotatable bonds is 4. The lowest BCUT2D eigenvalue weighted by Gasteiger charge is -2.11. The van der Waals surface area contributed by atoms with Crippen molar-refractivity contribution < 1.29 is 0 Å². The molecule has 0 saturated carbocycles. The molecule has 0 aliphatic carbocycles. The van der Waals surface area contributed by atoms with E-state index >= 15 is 0 Å². The molecule has 0 radical (unpaired) electrons. The zero-order chi connectivity index (χ0) is 12.2. The highest BCUT2D eigenvalue weighted by molar-refractivity contribution is 5.60. The van der Waals surface area contributed by atoms with Gasteiger partial charge in [0.25, 0.3) is 0 Å². The molecule has 3 aromatic rings. The average molecular weight is 239 g/mol. The third-order valence-electron chi connectivity index (χ3n) is 2.69. The normalized spacial score (nSPS) is 10.4. The van der Waals surface area contributed by atoms with Crippen LogP contribution in [0.2, 0.25) is 0 Å². The Morgan fingerprint density at radius 2 is 2.17 bits per heavy atom. The molecule has 3 rings (SSSR count). The first-order valence-electron chi connectivity index (χ1n) is 5.73. The lowest BCUT2D eigenvalue weighted by molar-refractivity contribution is 0.986. The van der Waals surface area contributed by atoms with Crippen LogP contribution < -0.4 is 5.32 Å². The molecule has 0 atom stereocenters. The minimum Gasteiger partial charge on any atom is -0.376 e. The van der Waals surface area contributed by atoms with E-state index in [1.807, 2.05) is 41.2 Å². The van der Waals surface area contributed by atoms with Crippen molar-refractivity contribution in [2.75, 3.05) is 5.32 Å². The summed E-state index contributed by atoms with van der Waals surface area (Å²) in [5, 5.41) is 3.36. The lowest BCUT2D eigenvalue weighted by Crippen LogP contribution is -2.04. The fourth-order valence-electron chi connectivity index (χ4n) is 1.82. The van der Waals surface area contributed by atoms with E-state index in [2.05, 4.69) is 20.3 Å². The molecule has 0 amide bonds. The number of nitrogens with zero attached hydrogens (tertiary/aromatic N) is 3. The number of H-pyrrole nitrogens is 1. The van der Waals surface area contributed by atoms with E-state index in [1.165, 1.54) is 0 Å². The Morgan fingerprint density at radius 3 is 2.94 bits per heavy atom. The number of hydrogen-bond donors (Lipinski definition) is 2. The topological polar surface area (TPSA) is 58.5 Å². The Labute approximate surface area is 105 Å². The van der Waals surface area contributed by atoms with Crippen molar-refractivity contribution >= 4 is 5.69 Å². The number of aromatic amines is 1. The monoisotopic (exact) mass is 239 g/mol. The zero-order valence-corrected chi connectivity index (χ0v) is 9.74. The van der Waals surface area contributed by atoms with Crippen molar-refractivity contribution in [3.8, 4) is 5.69 Å². The van der Waals surface area contributed by atoms with Crippen molar-refractivity contribution in [3.05, 3.63) is 61.2 Å². The van der Waals surface area contributed by atoms with Gasteiger partial charge in [-0.25, -0.2) is 9.97 Å². The minimum atomic E-state index is 0.665. The van der Waals surface area contributed by atoms with Gasteiger partial charge in [0.05, 0.1) is 24.2 Å². The minimum absolute atomic E-state index is 0.665. The number of aromatic nitrogens is 4. The summed E-state index contributed by atoms with van der Waals surface area (Å²) >= 11 is 0. The SMILES string of the molecule is c1ccc(-n2ccnc2)c(NCc2ncc[nH]2)c1. The Hall–Kier alpha value is -2.56. The predicted octanol–water partition coefficient (Wildman–Crippen LogP) is 2.21. The smallest absolute Gasteiger partial charge is 0.125 e. The van der Waals surface area contributed by atoms with Crippen molar-refractivity contribution in [2.45, 2.75) is 6.54 Å². The van der Waals surface area contributed by atoms with Gasteiger partial charge in [-0.3, -0.25) is 0 Å². The summed E-state index contributed by atoms with van der Waals surface area (Å²) in [6.45, 7) is 0.665. The largest absolute Gasteiger partial charge is 0.376 e. The second kappa shape index (κ2) is 4.75. The fourth-order valence-corrected chi connectivity index (χ4v) is 1.82. The molecular weight excluding hydrogens is 226 g/mol. The molecule has 0 spiro atoms. The van der Waals surface area contributed by atoms with E-state index in [9.17, 15) is 0 Å². The van der Waals surface area contributed by atoms with Gasteiger partial charge in [0.1, 0.15) is 5.82 Å². The molecule has 5 nitrogen and oxygen atoms in total. The molecule has 0 unspecified atom stereocenters. The molecule has 0 aliphatic heterocycles. The Bertz CT molecular complexity index is 598.